The Morgan fingerprint density at radius 3 is 2.58 bits per heavy atom. The molecule has 0 radical (unpaired) electrons. The first-order chi connectivity index (χ1) is 11.2. The number of thioether (sulfide) groups is 1. The van der Waals surface area contributed by atoms with Gasteiger partial charge in [-0.1, -0.05) is 6.07 Å². The second-order valence-corrected chi connectivity index (χ2v) is 5.69. The number of nitrogens with one attached hydrogen (secondary N) is 1. The summed E-state index contributed by atoms with van der Waals surface area (Å²) in [4.78, 5) is 15.9. The molecule has 1 aromatic carbocycles. The van der Waals surface area contributed by atoms with Crippen LogP contribution in [-0.4, -0.2) is 16.6 Å². The summed E-state index contributed by atoms with van der Waals surface area (Å²) in [6, 6.07) is 5.96. The molecule has 0 atom stereocenters. The molecule has 0 fully saturated rings. The number of benzene rings is 1. The molecule has 1 aromatic heterocycles. The maximum Gasteiger partial charge on any atom is 0.416 e. The van der Waals surface area contributed by atoms with Gasteiger partial charge in [-0.25, -0.2) is 4.98 Å². The van der Waals surface area contributed by atoms with Crippen LogP contribution in [0.15, 0.2) is 41.6 Å². The highest BCUT2D eigenvalue weighted by atomic mass is 32.2. The number of carbonyl (C=O) groups is 1. The first-order valence-electron chi connectivity index (χ1n) is 6.57. The third-order valence-corrected chi connectivity index (χ3v) is 3.74. The second-order valence-electron chi connectivity index (χ2n) is 4.72. The number of halogens is 5. The quantitative estimate of drug-likeness (QED) is 0.616. The van der Waals surface area contributed by atoms with Crippen molar-refractivity contribution >= 4 is 23.4 Å². The van der Waals surface area contributed by atoms with Gasteiger partial charge in [-0.05, 0) is 48.5 Å². The Balaban J connectivity index is 2.28. The number of aryl methyl sites for hydroxylation is 1. The van der Waals surface area contributed by atoms with Crippen LogP contribution in [0.5, 0.6) is 0 Å². The highest BCUT2D eigenvalue weighted by molar-refractivity contribution is 7.99. The van der Waals surface area contributed by atoms with Gasteiger partial charge in [0.2, 0.25) is 0 Å². The van der Waals surface area contributed by atoms with Crippen LogP contribution in [-0.2, 0) is 6.18 Å². The standard InChI is InChI=1S/C15H11F5N2OS/c1-8-4-5-9(7-11(8)15(18,19)20)22-12(23)10-3-2-6-21-13(10)24-14(16)17/h2-7,14H,1H3,(H,22,23). The van der Waals surface area contributed by atoms with Crippen molar-refractivity contribution in [2.45, 2.75) is 23.9 Å². The molecular weight excluding hydrogens is 351 g/mol. The number of amides is 1. The fourth-order valence-electron chi connectivity index (χ4n) is 1.95. The van der Waals surface area contributed by atoms with Crippen LogP contribution < -0.4 is 5.32 Å². The Morgan fingerprint density at radius 2 is 1.96 bits per heavy atom. The van der Waals surface area contributed by atoms with Crippen LogP contribution >= 0.6 is 11.8 Å². The molecule has 0 aliphatic carbocycles. The van der Waals surface area contributed by atoms with Crippen molar-refractivity contribution in [2.75, 3.05) is 5.32 Å². The first kappa shape index (κ1) is 18.2. The van der Waals surface area contributed by atoms with E-state index in [0.29, 0.717) is 0 Å². The van der Waals surface area contributed by atoms with E-state index in [9.17, 15) is 26.7 Å². The van der Waals surface area contributed by atoms with Crippen LogP contribution in [0.25, 0.3) is 0 Å². The van der Waals surface area contributed by atoms with Crippen molar-refractivity contribution in [1.29, 1.82) is 0 Å². The Bertz CT molecular complexity index is 749. The topological polar surface area (TPSA) is 42.0 Å². The predicted octanol–water partition coefficient (Wildman–Crippen LogP) is 4.98. The molecule has 0 aliphatic heterocycles. The number of carbonyl (C=O) groups excluding carboxylic acids is 1. The monoisotopic (exact) mass is 362 g/mol. The molecule has 0 bridgehead atoms. The van der Waals surface area contributed by atoms with Crippen molar-refractivity contribution in [3.63, 3.8) is 0 Å². The molecule has 3 nitrogen and oxygen atoms in total. The van der Waals surface area contributed by atoms with Crippen LogP contribution in [0.4, 0.5) is 27.6 Å². The van der Waals surface area contributed by atoms with Gasteiger partial charge in [-0.3, -0.25) is 4.79 Å². The van der Waals surface area contributed by atoms with E-state index in [1.165, 1.54) is 37.4 Å². The van der Waals surface area contributed by atoms with Crippen molar-refractivity contribution < 1.29 is 26.7 Å². The molecule has 0 unspecified atom stereocenters. The van der Waals surface area contributed by atoms with Crippen LogP contribution in [0.1, 0.15) is 21.5 Å². The molecule has 24 heavy (non-hydrogen) atoms. The molecule has 1 heterocycles. The molecule has 9 heteroatoms. The van der Waals surface area contributed by atoms with Crippen molar-refractivity contribution in [2.24, 2.45) is 0 Å². The summed E-state index contributed by atoms with van der Waals surface area (Å²) < 4.78 is 63.6. The molecule has 0 saturated carbocycles. The predicted molar refractivity (Wildman–Crippen MR) is 80.2 cm³/mol. The number of hydrogen-bond acceptors (Lipinski definition) is 3. The van der Waals surface area contributed by atoms with Crippen LogP contribution in [0.3, 0.4) is 0 Å². The van der Waals surface area contributed by atoms with E-state index in [4.69, 9.17) is 0 Å². The highest BCUT2D eigenvalue weighted by Gasteiger charge is 2.32. The van der Waals surface area contributed by atoms with Crippen LogP contribution in [0.2, 0.25) is 0 Å². The average molecular weight is 362 g/mol. The van der Waals surface area contributed by atoms with Crippen molar-refractivity contribution in [1.82, 2.24) is 4.98 Å². The van der Waals surface area contributed by atoms with E-state index >= 15 is 0 Å². The Kier molecular flexibility index (Phi) is 5.43. The van der Waals surface area contributed by atoms with Gasteiger partial charge in [-0.2, -0.15) is 22.0 Å². The molecule has 2 aromatic rings. The van der Waals surface area contributed by atoms with E-state index in [2.05, 4.69) is 10.3 Å². The summed E-state index contributed by atoms with van der Waals surface area (Å²) in [5, 5.41) is 2.07. The molecule has 1 amide bonds. The Labute approximate surface area is 138 Å². The average Bonchev–Trinajstić information content (AvgIpc) is 2.48. The zero-order valence-electron chi connectivity index (χ0n) is 12.2. The smallest absolute Gasteiger partial charge is 0.322 e. The van der Waals surface area contributed by atoms with Gasteiger partial charge in [0.15, 0.2) is 0 Å². The normalized spacial score (nSPS) is 11.6. The molecule has 0 spiro atoms. The van der Waals surface area contributed by atoms with E-state index in [1.54, 1.807) is 0 Å². The number of aromatic nitrogens is 1. The lowest BCUT2D eigenvalue weighted by Crippen LogP contribution is -2.15. The summed E-state index contributed by atoms with van der Waals surface area (Å²) >= 11 is 0.0885. The fraction of sp³-hybridized carbons (Fsp3) is 0.200. The lowest BCUT2D eigenvalue weighted by Gasteiger charge is -2.13. The third kappa shape index (κ3) is 4.44. The lowest BCUT2D eigenvalue weighted by molar-refractivity contribution is -0.138. The zero-order chi connectivity index (χ0) is 17.9. The first-order valence-corrected chi connectivity index (χ1v) is 7.45. The molecule has 1 N–H and O–H groups in total. The molecule has 2 rings (SSSR count). The largest absolute Gasteiger partial charge is 0.416 e. The Hall–Kier alpha value is -2.16. The molecule has 0 aliphatic rings. The summed E-state index contributed by atoms with van der Waals surface area (Å²) in [5.74, 6) is -3.59. The van der Waals surface area contributed by atoms with Gasteiger partial charge in [0.05, 0.1) is 11.1 Å². The third-order valence-electron chi connectivity index (χ3n) is 3.02. The number of rotatable bonds is 4. The van der Waals surface area contributed by atoms with Gasteiger partial charge in [0.1, 0.15) is 5.03 Å². The summed E-state index contributed by atoms with van der Waals surface area (Å²) in [7, 11) is 0. The van der Waals surface area contributed by atoms with E-state index in [1.807, 2.05) is 0 Å². The highest BCUT2D eigenvalue weighted by Crippen LogP contribution is 2.34. The van der Waals surface area contributed by atoms with E-state index in [-0.39, 0.29) is 33.6 Å². The lowest BCUT2D eigenvalue weighted by atomic mass is 10.1. The van der Waals surface area contributed by atoms with Gasteiger partial charge in [0.25, 0.3) is 11.7 Å². The number of pyridine rings is 1. The minimum absolute atomic E-state index is 0.0100. The van der Waals surface area contributed by atoms with Gasteiger partial charge >= 0.3 is 6.18 Å². The summed E-state index contributed by atoms with van der Waals surface area (Å²) in [6.07, 6.45) is -3.31. The summed E-state index contributed by atoms with van der Waals surface area (Å²) in [5.41, 5.74) is -1.10. The van der Waals surface area contributed by atoms with E-state index < -0.39 is 23.4 Å². The SMILES string of the molecule is Cc1ccc(NC(=O)c2cccnc2SC(F)F)cc1C(F)(F)F. The van der Waals surface area contributed by atoms with Crippen molar-refractivity contribution in [3.8, 4) is 0 Å². The maximum atomic E-state index is 12.9. The number of alkyl halides is 5. The minimum Gasteiger partial charge on any atom is -0.322 e. The second kappa shape index (κ2) is 7.16. The van der Waals surface area contributed by atoms with Gasteiger partial charge in [-0.15, -0.1) is 0 Å². The molecular formula is C15H11F5N2OS. The van der Waals surface area contributed by atoms with Crippen LogP contribution in [0, 0.1) is 6.92 Å². The van der Waals surface area contributed by atoms with Gasteiger partial charge in [0, 0.05) is 11.9 Å². The Morgan fingerprint density at radius 1 is 1.25 bits per heavy atom. The maximum absolute atomic E-state index is 12.9. The zero-order valence-corrected chi connectivity index (χ0v) is 13.0. The molecule has 128 valence electrons. The number of nitrogens with zero attached hydrogens (tertiary/aromatic N) is 1. The molecule has 0 saturated heterocycles. The minimum atomic E-state index is -4.56. The summed E-state index contributed by atoms with van der Waals surface area (Å²) in [6.45, 7) is 1.30. The van der Waals surface area contributed by atoms with E-state index in [0.717, 1.165) is 6.07 Å². The van der Waals surface area contributed by atoms with Crippen molar-refractivity contribution in [3.05, 3.63) is 53.2 Å². The fourth-order valence-corrected chi connectivity index (χ4v) is 2.52. The number of hydrogen-bond donors (Lipinski definition) is 1. The number of anilines is 1. The van der Waals surface area contributed by atoms with Gasteiger partial charge < -0.3 is 5.32 Å².